The highest BCUT2D eigenvalue weighted by Crippen LogP contribution is 2.24. The normalized spacial score (nSPS) is 20.7. The molecule has 0 aromatic heterocycles. The van der Waals surface area contributed by atoms with Crippen LogP contribution in [0.1, 0.15) is 17.3 Å². The van der Waals surface area contributed by atoms with Gasteiger partial charge in [0, 0.05) is 30.3 Å². The van der Waals surface area contributed by atoms with E-state index >= 15 is 0 Å². The van der Waals surface area contributed by atoms with E-state index in [-0.39, 0.29) is 48.5 Å². The highest BCUT2D eigenvalue weighted by atomic mass is 35.5. The summed E-state index contributed by atoms with van der Waals surface area (Å²) in [6.45, 7) is 1.79. The average Bonchev–Trinajstić information content (AvgIpc) is 2.71. The first-order chi connectivity index (χ1) is 14.6. The second kappa shape index (κ2) is 9.58. The molecule has 0 spiro atoms. The van der Waals surface area contributed by atoms with E-state index in [1.54, 1.807) is 6.92 Å². The first-order valence-electron chi connectivity index (χ1n) is 9.41. The van der Waals surface area contributed by atoms with Gasteiger partial charge in [-0.05, 0) is 36.4 Å². The Morgan fingerprint density at radius 1 is 1.23 bits per heavy atom. The zero-order chi connectivity index (χ0) is 22.8. The van der Waals surface area contributed by atoms with Gasteiger partial charge in [0.1, 0.15) is 16.5 Å². The van der Waals surface area contributed by atoms with E-state index in [2.05, 4.69) is 5.32 Å². The van der Waals surface area contributed by atoms with Gasteiger partial charge in [0.25, 0.3) is 5.91 Å². The monoisotopic (exact) mass is 474 g/mol. The summed E-state index contributed by atoms with van der Waals surface area (Å²) >= 11 is 5.69. The van der Waals surface area contributed by atoms with E-state index in [0.29, 0.717) is 0 Å². The molecule has 1 fully saturated rings. The first-order valence-corrected chi connectivity index (χ1v) is 11.2. The lowest BCUT2D eigenvalue weighted by Crippen LogP contribution is -2.44. The molecule has 1 heterocycles. The summed E-state index contributed by atoms with van der Waals surface area (Å²) in [5, 5.41) is 12.5. The first kappa shape index (κ1) is 23.6. The molecule has 168 valence electrons. The second-order valence-corrected chi connectivity index (χ2v) is 9.52. The zero-order valence-corrected chi connectivity index (χ0v) is 18.1. The Kier molecular flexibility index (Phi) is 7.28. The van der Waals surface area contributed by atoms with Crippen LogP contribution in [0.25, 0.3) is 0 Å². The van der Waals surface area contributed by atoms with Crippen molar-refractivity contribution in [2.75, 3.05) is 31.6 Å². The number of nitrogens with zero attached hydrogens (tertiary/aromatic N) is 1. The number of aliphatic hydroxyl groups is 1. The lowest BCUT2D eigenvalue weighted by Gasteiger charge is -2.30. The molecule has 2 aromatic rings. The summed E-state index contributed by atoms with van der Waals surface area (Å²) in [7, 11) is -4.36. The Balaban J connectivity index is 1.88. The molecule has 2 atom stereocenters. The molecule has 1 amide bonds. The third kappa shape index (κ3) is 5.39. The Morgan fingerprint density at radius 2 is 1.94 bits per heavy atom. The van der Waals surface area contributed by atoms with Gasteiger partial charge in [-0.15, -0.1) is 0 Å². The summed E-state index contributed by atoms with van der Waals surface area (Å²) in [4.78, 5) is 11.8. The van der Waals surface area contributed by atoms with Crippen LogP contribution in [0.5, 0.6) is 0 Å². The van der Waals surface area contributed by atoms with Crippen molar-refractivity contribution in [1.29, 1.82) is 0 Å². The van der Waals surface area contributed by atoms with Gasteiger partial charge in [0.15, 0.2) is 0 Å². The third-order valence-corrected chi connectivity index (χ3v) is 7.07. The standard InChI is InChI=1S/C20H21ClF2N2O5S/c1-12-11-30-7-6-25(10-18(12)26)31(28,29)19-8-13(2-4-17(19)23)20(27)24-14-3-5-16(22)15(21)9-14/h2-5,8-9,12,18,26H,6-7,10-11H2,1H3,(H,24,27)/t12-,18-/m1/s1. The molecule has 2 N–H and O–H groups in total. The van der Waals surface area contributed by atoms with Crippen LogP contribution in [0.15, 0.2) is 41.3 Å². The number of hydrogen-bond donors (Lipinski definition) is 2. The molecule has 0 saturated carbocycles. The molecule has 2 aromatic carbocycles. The lowest BCUT2D eigenvalue weighted by atomic mass is 10.1. The molecule has 1 saturated heterocycles. The summed E-state index contributed by atoms with van der Waals surface area (Å²) < 4.78 is 60.2. The number of anilines is 1. The van der Waals surface area contributed by atoms with Crippen LogP contribution in [-0.2, 0) is 14.8 Å². The predicted octanol–water partition coefficient (Wildman–Crippen LogP) is 2.89. The highest BCUT2D eigenvalue weighted by Gasteiger charge is 2.32. The van der Waals surface area contributed by atoms with E-state index in [4.69, 9.17) is 16.3 Å². The molecule has 0 bridgehead atoms. The number of ether oxygens (including phenoxy) is 1. The van der Waals surface area contributed by atoms with Crippen LogP contribution >= 0.6 is 11.6 Å². The zero-order valence-electron chi connectivity index (χ0n) is 16.5. The minimum Gasteiger partial charge on any atom is -0.391 e. The average molecular weight is 475 g/mol. The van der Waals surface area contributed by atoms with Crippen LogP contribution < -0.4 is 5.32 Å². The molecule has 7 nitrogen and oxygen atoms in total. The van der Waals surface area contributed by atoms with Gasteiger partial charge in [-0.2, -0.15) is 4.31 Å². The van der Waals surface area contributed by atoms with Crippen LogP contribution in [-0.4, -0.2) is 56.1 Å². The van der Waals surface area contributed by atoms with Crippen molar-refractivity contribution in [2.24, 2.45) is 5.92 Å². The van der Waals surface area contributed by atoms with Crippen LogP contribution in [0.3, 0.4) is 0 Å². The SMILES string of the molecule is C[C@@H]1COCCN(S(=O)(=O)c2cc(C(=O)Nc3ccc(F)c(Cl)c3)ccc2F)C[C@H]1O. The number of benzene rings is 2. The number of amides is 1. The minimum atomic E-state index is -4.36. The number of nitrogens with one attached hydrogen (secondary N) is 1. The molecule has 3 rings (SSSR count). The van der Waals surface area contributed by atoms with Gasteiger partial charge in [0.2, 0.25) is 10.0 Å². The quantitative estimate of drug-likeness (QED) is 0.710. The van der Waals surface area contributed by atoms with Crippen molar-refractivity contribution in [3.8, 4) is 0 Å². The Morgan fingerprint density at radius 3 is 2.65 bits per heavy atom. The maximum absolute atomic E-state index is 14.5. The molecule has 1 aliphatic rings. The van der Waals surface area contributed by atoms with Gasteiger partial charge in [-0.25, -0.2) is 17.2 Å². The predicted molar refractivity (Wildman–Crippen MR) is 111 cm³/mol. The Bertz CT molecular complexity index is 1080. The van der Waals surface area contributed by atoms with Crippen LogP contribution in [0.4, 0.5) is 14.5 Å². The molecule has 0 radical (unpaired) electrons. The third-order valence-electron chi connectivity index (χ3n) is 4.90. The van der Waals surface area contributed by atoms with E-state index in [1.807, 2.05) is 0 Å². The van der Waals surface area contributed by atoms with Gasteiger partial charge in [-0.1, -0.05) is 18.5 Å². The van der Waals surface area contributed by atoms with Gasteiger partial charge in [-0.3, -0.25) is 4.79 Å². The van der Waals surface area contributed by atoms with Crippen molar-refractivity contribution < 1.29 is 31.8 Å². The molecule has 0 aliphatic carbocycles. The fourth-order valence-corrected chi connectivity index (χ4v) is 4.72. The smallest absolute Gasteiger partial charge is 0.255 e. The van der Waals surface area contributed by atoms with Crippen molar-refractivity contribution in [2.45, 2.75) is 17.9 Å². The fourth-order valence-electron chi connectivity index (χ4n) is 3.00. The number of aliphatic hydroxyl groups excluding tert-OH is 1. The van der Waals surface area contributed by atoms with E-state index in [0.717, 1.165) is 28.6 Å². The number of rotatable bonds is 4. The maximum atomic E-state index is 14.5. The number of hydrogen-bond acceptors (Lipinski definition) is 5. The number of sulfonamides is 1. The second-order valence-electron chi connectivity index (χ2n) is 7.21. The Hall–Kier alpha value is -2.11. The topological polar surface area (TPSA) is 95.9 Å². The largest absolute Gasteiger partial charge is 0.391 e. The number of halogens is 3. The minimum absolute atomic E-state index is 0.0734. The summed E-state index contributed by atoms with van der Waals surface area (Å²) in [6.07, 6.45) is -0.993. The van der Waals surface area contributed by atoms with Crippen LogP contribution in [0, 0.1) is 17.6 Å². The molecule has 1 aliphatic heterocycles. The highest BCUT2D eigenvalue weighted by molar-refractivity contribution is 7.89. The maximum Gasteiger partial charge on any atom is 0.255 e. The fraction of sp³-hybridized carbons (Fsp3) is 0.350. The van der Waals surface area contributed by atoms with Crippen molar-refractivity contribution >= 4 is 33.2 Å². The number of β-amino-alcohol motifs (C(OH)–C–C–N with tert-alkyl or cyclic N) is 1. The molecule has 11 heteroatoms. The lowest BCUT2D eigenvalue weighted by molar-refractivity contribution is 0.00205. The molecular weight excluding hydrogens is 454 g/mol. The summed E-state index contributed by atoms with van der Waals surface area (Å²) in [5.74, 6) is -2.73. The van der Waals surface area contributed by atoms with Crippen molar-refractivity contribution in [1.82, 2.24) is 4.31 Å². The van der Waals surface area contributed by atoms with Crippen LogP contribution in [0.2, 0.25) is 5.02 Å². The molecular formula is C20H21ClF2N2O5S. The van der Waals surface area contributed by atoms with Gasteiger partial charge < -0.3 is 15.2 Å². The van der Waals surface area contributed by atoms with E-state index in [9.17, 15) is 27.1 Å². The van der Waals surface area contributed by atoms with Gasteiger partial charge >= 0.3 is 0 Å². The number of carbonyl (C=O) groups is 1. The van der Waals surface area contributed by atoms with E-state index < -0.39 is 38.6 Å². The number of carbonyl (C=O) groups excluding carboxylic acids is 1. The summed E-state index contributed by atoms with van der Waals surface area (Å²) in [5.41, 5.74) is 0.0563. The van der Waals surface area contributed by atoms with Crippen molar-refractivity contribution in [3.05, 3.63) is 58.6 Å². The van der Waals surface area contributed by atoms with E-state index in [1.165, 1.54) is 12.1 Å². The molecule has 0 unspecified atom stereocenters. The molecule has 31 heavy (non-hydrogen) atoms. The Labute approximate surface area is 183 Å². The van der Waals surface area contributed by atoms with Gasteiger partial charge in [0.05, 0.1) is 24.3 Å². The summed E-state index contributed by atoms with van der Waals surface area (Å²) in [6, 6.07) is 6.46. The van der Waals surface area contributed by atoms with Crippen molar-refractivity contribution in [3.63, 3.8) is 0 Å².